The molecule has 2 N–H and O–H groups in total. The molecule has 0 amide bonds. The van der Waals surface area contributed by atoms with E-state index in [-0.39, 0.29) is 6.04 Å². The molecule has 1 heteroatoms. The Hall–Kier alpha value is -0.820. The average Bonchev–Trinajstić information content (AvgIpc) is 2.30. The molecule has 0 aliphatic carbocycles. The van der Waals surface area contributed by atoms with Crippen LogP contribution in [0.5, 0.6) is 0 Å². The van der Waals surface area contributed by atoms with Crippen molar-refractivity contribution in [1.82, 2.24) is 0 Å². The van der Waals surface area contributed by atoms with Gasteiger partial charge in [-0.05, 0) is 24.8 Å². The maximum absolute atomic E-state index is 6.34. The minimum Gasteiger partial charge on any atom is -0.324 e. The van der Waals surface area contributed by atoms with Crippen molar-refractivity contribution in [2.24, 2.45) is 11.7 Å². The van der Waals surface area contributed by atoms with Crippen LogP contribution in [0, 0.1) is 12.8 Å². The Morgan fingerprint density at radius 3 is 2.25 bits per heavy atom. The summed E-state index contributed by atoms with van der Waals surface area (Å²) in [6.45, 7) is 6.60. The zero-order chi connectivity index (χ0) is 12.0. The number of hydrogen-bond acceptors (Lipinski definition) is 1. The number of rotatable bonds is 6. The van der Waals surface area contributed by atoms with Crippen molar-refractivity contribution >= 4 is 0 Å². The lowest BCUT2D eigenvalue weighted by atomic mass is 9.87. The topological polar surface area (TPSA) is 26.0 Å². The van der Waals surface area contributed by atoms with E-state index in [0.29, 0.717) is 5.92 Å². The van der Waals surface area contributed by atoms with E-state index < -0.39 is 0 Å². The fourth-order valence-corrected chi connectivity index (χ4v) is 2.16. The molecule has 2 unspecified atom stereocenters. The van der Waals surface area contributed by atoms with Crippen LogP contribution in [0.4, 0.5) is 0 Å². The molecule has 0 radical (unpaired) electrons. The lowest BCUT2D eigenvalue weighted by Crippen LogP contribution is -2.21. The third-order valence-electron chi connectivity index (χ3n) is 3.42. The van der Waals surface area contributed by atoms with Crippen LogP contribution in [0.1, 0.15) is 56.7 Å². The average molecular weight is 219 g/mol. The monoisotopic (exact) mass is 219 g/mol. The maximum Gasteiger partial charge on any atom is 0.0323 e. The maximum atomic E-state index is 6.34. The van der Waals surface area contributed by atoms with Gasteiger partial charge in [0.25, 0.3) is 0 Å². The van der Waals surface area contributed by atoms with Crippen molar-refractivity contribution in [2.45, 2.75) is 52.5 Å². The van der Waals surface area contributed by atoms with E-state index in [1.165, 1.54) is 36.8 Å². The first-order valence-corrected chi connectivity index (χ1v) is 6.51. The third-order valence-corrected chi connectivity index (χ3v) is 3.42. The van der Waals surface area contributed by atoms with Crippen molar-refractivity contribution < 1.29 is 0 Å². The summed E-state index contributed by atoms with van der Waals surface area (Å²) in [4.78, 5) is 0. The molecule has 0 bridgehead atoms. The van der Waals surface area contributed by atoms with E-state index in [0.717, 1.165) is 0 Å². The van der Waals surface area contributed by atoms with Gasteiger partial charge in [0.05, 0.1) is 0 Å². The van der Waals surface area contributed by atoms with Crippen LogP contribution >= 0.6 is 0 Å². The molecule has 90 valence electrons. The van der Waals surface area contributed by atoms with Crippen LogP contribution in [-0.4, -0.2) is 0 Å². The molecular weight excluding hydrogens is 194 g/mol. The van der Waals surface area contributed by atoms with E-state index in [1.54, 1.807) is 0 Å². The summed E-state index contributed by atoms with van der Waals surface area (Å²) in [5, 5.41) is 0. The predicted molar refractivity (Wildman–Crippen MR) is 71.4 cm³/mol. The molecule has 0 aliphatic heterocycles. The summed E-state index contributed by atoms with van der Waals surface area (Å²) < 4.78 is 0. The van der Waals surface area contributed by atoms with Gasteiger partial charge in [0.15, 0.2) is 0 Å². The van der Waals surface area contributed by atoms with Crippen LogP contribution in [0.3, 0.4) is 0 Å². The molecule has 0 saturated carbocycles. The Balaban J connectivity index is 2.66. The SMILES string of the molecule is CCCCC(CC)C(N)c1ccc(C)cc1. The number of hydrogen-bond donors (Lipinski definition) is 1. The summed E-state index contributed by atoms with van der Waals surface area (Å²) in [6, 6.07) is 8.87. The summed E-state index contributed by atoms with van der Waals surface area (Å²) in [5.74, 6) is 0.627. The highest BCUT2D eigenvalue weighted by molar-refractivity contribution is 5.24. The quantitative estimate of drug-likeness (QED) is 0.762. The van der Waals surface area contributed by atoms with Gasteiger partial charge >= 0.3 is 0 Å². The fraction of sp³-hybridized carbons (Fsp3) is 0.600. The van der Waals surface area contributed by atoms with Crippen molar-refractivity contribution in [1.29, 1.82) is 0 Å². The molecule has 0 spiro atoms. The van der Waals surface area contributed by atoms with Gasteiger partial charge < -0.3 is 5.73 Å². The number of aryl methyl sites for hydroxylation is 1. The number of unbranched alkanes of at least 4 members (excludes halogenated alkanes) is 1. The van der Waals surface area contributed by atoms with E-state index in [9.17, 15) is 0 Å². The first kappa shape index (κ1) is 13.2. The lowest BCUT2D eigenvalue weighted by Gasteiger charge is -2.23. The second-order valence-corrected chi connectivity index (χ2v) is 4.75. The predicted octanol–water partition coefficient (Wildman–Crippen LogP) is 4.21. The van der Waals surface area contributed by atoms with Gasteiger partial charge in [0, 0.05) is 6.04 Å². The van der Waals surface area contributed by atoms with Gasteiger partial charge in [-0.2, -0.15) is 0 Å². The molecule has 1 aromatic carbocycles. The molecule has 0 heterocycles. The Morgan fingerprint density at radius 1 is 1.12 bits per heavy atom. The van der Waals surface area contributed by atoms with Gasteiger partial charge in [0.2, 0.25) is 0 Å². The molecular formula is C15H25N. The first-order valence-electron chi connectivity index (χ1n) is 6.51. The zero-order valence-corrected chi connectivity index (χ0v) is 10.9. The van der Waals surface area contributed by atoms with Gasteiger partial charge in [-0.25, -0.2) is 0 Å². The van der Waals surface area contributed by atoms with E-state index in [4.69, 9.17) is 5.73 Å². The number of benzene rings is 1. The highest BCUT2D eigenvalue weighted by Crippen LogP contribution is 2.26. The van der Waals surface area contributed by atoms with Crippen LogP contribution in [0.2, 0.25) is 0 Å². The van der Waals surface area contributed by atoms with Crippen LogP contribution in [-0.2, 0) is 0 Å². The largest absolute Gasteiger partial charge is 0.324 e. The van der Waals surface area contributed by atoms with Crippen LogP contribution in [0.25, 0.3) is 0 Å². The van der Waals surface area contributed by atoms with Gasteiger partial charge in [-0.1, -0.05) is 62.9 Å². The second kappa shape index (κ2) is 6.70. The minimum absolute atomic E-state index is 0.206. The van der Waals surface area contributed by atoms with E-state index in [1.807, 2.05) is 0 Å². The normalized spacial score (nSPS) is 14.8. The molecule has 1 aromatic rings. The van der Waals surface area contributed by atoms with Crippen molar-refractivity contribution in [3.05, 3.63) is 35.4 Å². The molecule has 2 atom stereocenters. The number of nitrogens with two attached hydrogens (primary N) is 1. The van der Waals surface area contributed by atoms with Gasteiger partial charge in [-0.15, -0.1) is 0 Å². The Morgan fingerprint density at radius 2 is 1.75 bits per heavy atom. The minimum atomic E-state index is 0.206. The molecule has 0 fully saturated rings. The molecule has 0 saturated heterocycles. The Labute approximate surface area is 100 Å². The van der Waals surface area contributed by atoms with E-state index >= 15 is 0 Å². The Bertz CT molecular complexity index is 289. The summed E-state index contributed by atoms with van der Waals surface area (Å²) >= 11 is 0. The lowest BCUT2D eigenvalue weighted by molar-refractivity contribution is 0.378. The molecule has 1 rings (SSSR count). The van der Waals surface area contributed by atoms with E-state index in [2.05, 4.69) is 45.0 Å². The van der Waals surface area contributed by atoms with Crippen molar-refractivity contribution in [2.75, 3.05) is 0 Å². The highest BCUT2D eigenvalue weighted by Gasteiger charge is 2.16. The highest BCUT2D eigenvalue weighted by atomic mass is 14.6. The summed E-state index contributed by atoms with van der Waals surface area (Å²) in [5.41, 5.74) is 8.93. The van der Waals surface area contributed by atoms with Crippen LogP contribution in [0.15, 0.2) is 24.3 Å². The standard InChI is InChI=1S/C15H25N/c1-4-6-7-13(5-2)15(16)14-10-8-12(3)9-11-14/h8-11,13,15H,4-7,16H2,1-3H3. The molecule has 1 nitrogen and oxygen atoms in total. The first-order chi connectivity index (χ1) is 7.69. The smallest absolute Gasteiger partial charge is 0.0323 e. The van der Waals surface area contributed by atoms with Gasteiger partial charge in [0.1, 0.15) is 0 Å². The molecule has 0 aliphatic rings. The Kier molecular flexibility index (Phi) is 5.54. The molecule has 16 heavy (non-hydrogen) atoms. The van der Waals surface area contributed by atoms with Gasteiger partial charge in [-0.3, -0.25) is 0 Å². The fourth-order valence-electron chi connectivity index (χ4n) is 2.16. The zero-order valence-electron chi connectivity index (χ0n) is 10.9. The second-order valence-electron chi connectivity index (χ2n) is 4.75. The van der Waals surface area contributed by atoms with Crippen LogP contribution < -0.4 is 5.73 Å². The van der Waals surface area contributed by atoms with Crippen molar-refractivity contribution in [3.63, 3.8) is 0 Å². The third kappa shape index (κ3) is 3.64. The summed E-state index contributed by atoms with van der Waals surface area (Å²) in [7, 11) is 0. The summed E-state index contributed by atoms with van der Waals surface area (Å²) in [6.07, 6.45) is 4.98. The van der Waals surface area contributed by atoms with Crippen molar-refractivity contribution in [3.8, 4) is 0 Å². The molecule has 0 aromatic heterocycles.